The summed E-state index contributed by atoms with van der Waals surface area (Å²) in [6, 6.07) is 3.90. The molecule has 0 fully saturated rings. The van der Waals surface area contributed by atoms with Gasteiger partial charge in [0.05, 0.1) is 12.8 Å². The molecule has 0 aromatic carbocycles. The van der Waals surface area contributed by atoms with Crippen LogP contribution < -0.4 is 10.6 Å². The Bertz CT molecular complexity index is 568. The van der Waals surface area contributed by atoms with Gasteiger partial charge in [-0.2, -0.15) is 0 Å². The molecule has 2 heterocycles. The van der Waals surface area contributed by atoms with Crippen LogP contribution in [0.15, 0.2) is 34.0 Å². The van der Waals surface area contributed by atoms with E-state index in [0.717, 1.165) is 42.7 Å². The summed E-state index contributed by atoms with van der Waals surface area (Å²) in [7, 11) is 0. The molecule has 23 heavy (non-hydrogen) atoms. The number of nitrogens with one attached hydrogen (secondary N) is 2. The maximum Gasteiger partial charge on any atom is 0.191 e. The Hall–Kier alpha value is -1.09. The minimum atomic E-state index is 0. The highest BCUT2D eigenvalue weighted by Crippen LogP contribution is 2.11. The van der Waals surface area contributed by atoms with Crippen molar-refractivity contribution in [2.24, 2.45) is 4.99 Å². The number of nitrogens with zero attached hydrogens (tertiary/aromatic N) is 2. The first-order chi connectivity index (χ1) is 10.8. The van der Waals surface area contributed by atoms with Crippen LogP contribution in [0.1, 0.15) is 35.4 Å². The third kappa shape index (κ3) is 7.83. The van der Waals surface area contributed by atoms with Gasteiger partial charge in [-0.15, -0.1) is 35.3 Å². The molecule has 0 aliphatic carbocycles. The van der Waals surface area contributed by atoms with Gasteiger partial charge in [0.15, 0.2) is 5.96 Å². The number of furan rings is 1. The first-order valence-electron chi connectivity index (χ1n) is 7.74. The van der Waals surface area contributed by atoms with Crippen LogP contribution in [0.3, 0.4) is 0 Å². The second-order valence-electron chi connectivity index (χ2n) is 5.07. The van der Waals surface area contributed by atoms with E-state index in [-0.39, 0.29) is 24.0 Å². The SMILES string of the molecule is CCCCNC(=NCc1ncc(C)s1)NCCc1ccco1.I. The number of thiazole rings is 1. The zero-order valence-electron chi connectivity index (χ0n) is 13.7. The van der Waals surface area contributed by atoms with Crippen molar-refractivity contribution in [1.29, 1.82) is 0 Å². The molecule has 5 nitrogen and oxygen atoms in total. The fourth-order valence-electron chi connectivity index (χ4n) is 1.94. The second-order valence-corrected chi connectivity index (χ2v) is 6.39. The molecule has 0 radical (unpaired) electrons. The summed E-state index contributed by atoms with van der Waals surface area (Å²) in [5, 5.41) is 7.75. The van der Waals surface area contributed by atoms with Gasteiger partial charge in [0, 0.05) is 30.6 Å². The van der Waals surface area contributed by atoms with Crippen molar-refractivity contribution in [3.8, 4) is 0 Å². The van der Waals surface area contributed by atoms with Crippen LogP contribution >= 0.6 is 35.3 Å². The lowest BCUT2D eigenvalue weighted by Crippen LogP contribution is -2.38. The van der Waals surface area contributed by atoms with Crippen molar-refractivity contribution in [3.63, 3.8) is 0 Å². The Balaban J connectivity index is 0.00000264. The van der Waals surface area contributed by atoms with Crippen molar-refractivity contribution in [1.82, 2.24) is 15.6 Å². The molecule has 2 aromatic heterocycles. The second kappa shape index (κ2) is 11.4. The summed E-state index contributed by atoms with van der Waals surface area (Å²) in [6.07, 6.45) is 6.74. The molecule has 0 saturated carbocycles. The van der Waals surface area contributed by atoms with Gasteiger partial charge in [0.25, 0.3) is 0 Å². The highest BCUT2D eigenvalue weighted by Gasteiger charge is 2.02. The van der Waals surface area contributed by atoms with Gasteiger partial charge in [-0.25, -0.2) is 9.98 Å². The summed E-state index contributed by atoms with van der Waals surface area (Å²) in [5.74, 6) is 1.82. The van der Waals surface area contributed by atoms with Crippen LogP contribution in [-0.2, 0) is 13.0 Å². The van der Waals surface area contributed by atoms with Gasteiger partial charge in [-0.1, -0.05) is 13.3 Å². The van der Waals surface area contributed by atoms with Crippen molar-refractivity contribution >= 4 is 41.3 Å². The van der Waals surface area contributed by atoms with Crippen LogP contribution in [0.25, 0.3) is 0 Å². The lowest BCUT2D eigenvalue weighted by Gasteiger charge is -2.11. The molecule has 0 saturated heterocycles. The zero-order chi connectivity index (χ0) is 15.6. The van der Waals surface area contributed by atoms with E-state index in [1.165, 1.54) is 11.3 Å². The summed E-state index contributed by atoms with van der Waals surface area (Å²) in [6.45, 7) is 6.58. The van der Waals surface area contributed by atoms with Crippen LogP contribution in [0.4, 0.5) is 0 Å². The minimum absolute atomic E-state index is 0. The Kier molecular flexibility index (Phi) is 9.93. The molecule has 128 valence electrons. The van der Waals surface area contributed by atoms with Crippen LogP contribution in [0.2, 0.25) is 0 Å². The summed E-state index contributed by atoms with van der Waals surface area (Å²) < 4.78 is 5.34. The lowest BCUT2D eigenvalue weighted by molar-refractivity contribution is 0.506. The third-order valence-electron chi connectivity index (χ3n) is 3.11. The van der Waals surface area contributed by atoms with Crippen molar-refractivity contribution in [2.45, 2.75) is 39.7 Å². The van der Waals surface area contributed by atoms with Crippen LogP contribution in [-0.4, -0.2) is 24.0 Å². The monoisotopic (exact) mass is 448 g/mol. The van der Waals surface area contributed by atoms with E-state index in [2.05, 4.69) is 34.5 Å². The Morgan fingerprint density at radius 2 is 2.17 bits per heavy atom. The highest BCUT2D eigenvalue weighted by atomic mass is 127. The summed E-state index contributed by atoms with van der Waals surface area (Å²) in [5.41, 5.74) is 0. The predicted molar refractivity (Wildman–Crippen MR) is 107 cm³/mol. The van der Waals surface area contributed by atoms with Gasteiger partial charge >= 0.3 is 0 Å². The Labute approximate surface area is 159 Å². The average Bonchev–Trinajstić information content (AvgIpc) is 3.16. The number of aromatic nitrogens is 1. The number of halogens is 1. The van der Waals surface area contributed by atoms with E-state index >= 15 is 0 Å². The number of rotatable bonds is 8. The van der Waals surface area contributed by atoms with E-state index in [1.807, 2.05) is 18.3 Å². The zero-order valence-corrected chi connectivity index (χ0v) is 16.8. The van der Waals surface area contributed by atoms with Gasteiger partial charge in [-0.05, 0) is 25.5 Å². The smallest absolute Gasteiger partial charge is 0.191 e. The molecule has 0 aliphatic heterocycles. The molecular formula is C16H25IN4OS. The minimum Gasteiger partial charge on any atom is -0.469 e. The van der Waals surface area contributed by atoms with E-state index in [1.54, 1.807) is 17.6 Å². The normalized spacial score (nSPS) is 11.1. The predicted octanol–water partition coefficient (Wildman–Crippen LogP) is 3.74. The molecule has 0 amide bonds. The van der Waals surface area contributed by atoms with E-state index < -0.39 is 0 Å². The lowest BCUT2D eigenvalue weighted by atomic mass is 10.3. The molecule has 7 heteroatoms. The molecule has 2 N–H and O–H groups in total. The van der Waals surface area contributed by atoms with Crippen molar-refractivity contribution in [2.75, 3.05) is 13.1 Å². The maximum absolute atomic E-state index is 5.34. The largest absolute Gasteiger partial charge is 0.469 e. The fraction of sp³-hybridized carbons (Fsp3) is 0.500. The molecule has 2 rings (SSSR count). The number of guanidine groups is 1. The number of hydrogen-bond donors (Lipinski definition) is 2. The standard InChI is InChI=1S/C16H24N4OS.HI/c1-3-4-8-17-16(18-9-7-14-6-5-10-21-14)20-12-15-19-11-13(2)22-15;/h5-6,10-11H,3-4,7-9,12H2,1-2H3,(H2,17,18,20);1H. The summed E-state index contributed by atoms with van der Waals surface area (Å²) >= 11 is 1.69. The molecule has 0 aliphatic rings. The van der Waals surface area contributed by atoms with E-state index in [9.17, 15) is 0 Å². The van der Waals surface area contributed by atoms with Crippen molar-refractivity contribution in [3.05, 3.63) is 40.2 Å². The number of hydrogen-bond acceptors (Lipinski definition) is 4. The van der Waals surface area contributed by atoms with E-state index in [4.69, 9.17) is 4.42 Å². The van der Waals surface area contributed by atoms with Crippen LogP contribution in [0.5, 0.6) is 0 Å². The molecule has 0 bridgehead atoms. The van der Waals surface area contributed by atoms with Gasteiger partial charge in [-0.3, -0.25) is 0 Å². The topological polar surface area (TPSA) is 62.5 Å². The number of aliphatic imine (C=N–C) groups is 1. The van der Waals surface area contributed by atoms with Gasteiger partial charge in [0.2, 0.25) is 0 Å². The number of aryl methyl sites for hydroxylation is 1. The third-order valence-corrected chi connectivity index (χ3v) is 4.01. The average molecular weight is 448 g/mol. The quantitative estimate of drug-likeness (QED) is 0.280. The van der Waals surface area contributed by atoms with Crippen LogP contribution in [0, 0.1) is 6.92 Å². The first kappa shape index (κ1) is 20.0. The molecular weight excluding hydrogens is 423 g/mol. The van der Waals surface area contributed by atoms with Gasteiger partial charge < -0.3 is 15.1 Å². The fourth-order valence-corrected chi connectivity index (χ4v) is 2.65. The molecule has 0 atom stereocenters. The molecule has 2 aromatic rings. The molecule has 0 unspecified atom stereocenters. The van der Waals surface area contributed by atoms with E-state index in [0.29, 0.717) is 6.54 Å². The number of unbranched alkanes of at least 4 members (excludes halogenated alkanes) is 1. The molecule has 0 spiro atoms. The van der Waals surface area contributed by atoms with Gasteiger partial charge in [0.1, 0.15) is 10.8 Å². The maximum atomic E-state index is 5.34. The first-order valence-corrected chi connectivity index (χ1v) is 8.55. The Morgan fingerprint density at radius 1 is 1.35 bits per heavy atom. The summed E-state index contributed by atoms with van der Waals surface area (Å²) in [4.78, 5) is 10.2. The van der Waals surface area contributed by atoms with Crippen molar-refractivity contribution < 1.29 is 4.42 Å². The highest BCUT2D eigenvalue weighted by molar-refractivity contribution is 14.0. The Morgan fingerprint density at radius 3 is 2.83 bits per heavy atom.